The monoisotopic (exact) mass is 236 g/mol. The molecule has 0 saturated heterocycles. The fraction of sp³-hybridized carbons (Fsp3) is 0.500. The first-order valence-corrected chi connectivity index (χ1v) is 6.14. The number of rotatable bonds is 8. The minimum absolute atomic E-state index is 0.316. The van der Waals surface area contributed by atoms with Crippen LogP contribution in [-0.4, -0.2) is 17.7 Å². The smallest absolute Gasteiger partial charge is 0.335 e. The SMILES string of the molecule is CCCCCCOCc1ccc(C(=O)O)cc1. The summed E-state index contributed by atoms with van der Waals surface area (Å²) in [5, 5.41) is 8.74. The number of hydrogen-bond acceptors (Lipinski definition) is 2. The molecule has 0 radical (unpaired) electrons. The molecule has 0 aliphatic rings. The van der Waals surface area contributed by atoms with Crippen LogP contribution in [0.1, 0.15) is 48.5 Å². The van der Waals surface area contributed by atoms with Gasteiger partial charge in [-0.15, -0.1) is 0 Å². The maximum Gasteiger partial charge on any atom is 0.335 e. The Morgan fingerprint density at radius 2 is 1.88 bits per heavy atom. The fourth-order valence-electron chi connectivity index (χ4n) is 1.56. The predicted molar refractivity (Wildman–Crippen MR) is 67.2 cm³/mol. The lowest BCUT2D eigenvalue weighted by atomic mass is 10.1. The van der Waals surface area contributed by atoms with Gasteiger partial charge in [0.1, 0.15) is 0 Å². The quantitative estimate of drug-likeness (QED) is 0.703. The number of unbranched alkanes of at least 4 members (excludes halogenated alkanes) is 3. The molecule has 0 amide bonds. The molecule has 1 rings (SSSR count). The van der Waals surface area contributed by atoms with Crippen LogP contribution in [0, 0.1) is 0 Å². The van der Waals surface area contributed by atoms with Crippen LogP contribution in [0.4, 0.5) is 0 Å². The summed E-state index contributed by atoms with van der Waals surface area (Å²) in [6.45, 7) is 3.53. The first-order valence-electron chi connectivity index (χ1n) is 6.14. The van der Waals surface area contributed by atoms with Crippen molar-refractivity contribution in [3.8, 4) is 0 Å². The van der Waals surface area contributed by atoms with Crippen LogP contribution in [0.5, 0.6) is 0 Å². The Labute approximate surface area is 102 Å². The van der Waals surface area contributed by atoms with Gasteiger partial charge in [0.15, 0.2) is 0 Å². The van der Waals surface area contributed by atoms with Crippen molar-refractivity contribution in [2.45, 2.75) is 39.2 Å². The minimum atomic E-state index is -0.892. The highest BCUT2D eigenvalue weighted by Gasteiger charge is 2.01. The van der Waals surface area contributed by atoms with Gasteiger partial charge in [-0.3, -0.25) is 0 Å². The van der Waals surface area contributed by atoms with Gasteiger partial charge in [0.25, 0.3) is 0 Å². The van der Waals surface area contributed by atoms with Gasteiger partial charge in [-0.2, -0.15) is 0 Å². The zero-order chi connectivity index (χ0) is 12.5. The maximum absolute atomic E-state index is 10.6. The second-order valence-electron chi connectivity index (χ2n) is 4.12. The summed E-state index contributed by atoms with van der Waals surface area (Å²) in [6.07, 6.45) is 4.81. The van der Waals surface area contributed by atoms with Gasteiger partial charge in [0.05, 0.1) is 12.2 Å². The number of aromatic carboxylic acids is 1. The lowest BCUT2D eigenvalue weighted by Gasteiger charge is -2.04. The summed E-state index contributed by atoms with van der Waals surface area (Å²) in [6, 6.07) is 6.82. The Hall–Kier alpha value is -1.35. The zero-order valence-corrected chi connectivity index (χ0v) is 10.3. The summed E-state index contributed by atoms with van der Waals surface area (Å²) in [5.41, 5.74) is 1.34. The van der Waals surface area contributed by atoms with E-state index in [0.29, 0.717) is 12.2 Å². The van der Waals surface area contributed by atoms with Gasteiger partial charge in [-0.05, 0) is 24.1 Å². The molecule has 0 aromatic heterocycles. The van der Waals surface area contributed by atoms with Gasteiger partial charge in [0, 0.05) is 6.61 Å². The third-order valence-electron chi connectivity index (χ3n) is 2.61. The van der Waals surface area contributed by atoms with Gasteiger partial charge in [-0.1, -0.05) is 38.3 Å². The van der Waals surface area contributed by atoms with Crippen molar-refractivity contribution >= 4 is 5.97 Å². The van der Waals surface area contributed by atoms with E-state index in [1.54, 1.807) is 24.3 Å². The summed E-state index contributed by atoms with van der Waals surface area (Å²) in [5.74, 6) is -0.892. The summed E-state index contributed by atoms with van der Waals surface area (Å²) in [4.78, 5) is 10.6. The standard InChI is InChI=1S/C14H20O3/c1-2-3-4-5-10-17-11-12-6-8-13(9-7-12)14(15)16/h6-9H,2-5,10-11H2,1H3,(H,15,16). The van der Waals surface area contributed by atoms with E-state index in [9.17, 15) is 4.79 Å². The van der Waals surface area contributed by atoms with Gasteiger partial charge in [-0.25, -0.2) is 4.79 Å². The van der Waals surface area contributed by atoms with E-state index in [0.717, 1.165) is 18.6 Å². The highest BCUT2D eigenvalue weighted by molar-refractivity contribution is 5.87. The van der Waals surface area contributed by atoms with Crippen molar-refractivity contribution in [1.29, 1.82) is 0 Å². The molecule has 0 atom stereocenters. The largest absolute Gasteiger partial charge is 0.478 e. The van der Waals surface area contributed by atoms with Crippen LogP contribution in [0.15, 0.2) is 24.3 Å². The van der Waals surface area contributed by atoms with E-state index in [-0.39, 0.29) is 0 Å². The van der Waals surface area contributed by atoms with Crippen molar-refractivity contribution in [1.82, 2.24) is 0 Å². The van der Waals surface area contributed by atoms with Crippen LogP contribution >= 0.6 is 0 Å². The van der Waals surface area contributed by atoms with E-state index in [1.807, 2.05) is 0 Å². The average molecular weight is 236 g/mol. The molecule has 0 bridgehead atoms. The van der Waals surface area contributed by atoms with Gasteiger partial charge >= 0.3 is 5.97 Å². The lowest BCUT2D eigenvalue weighted by molar-refractivity contribution is 0.0696. The third kappa shape index (κ3) is 5.50. The number of ether oxygens (including phenoxy) is 1. The number of hydrogen-bond donors (Lipinski definition) is 1. The summed E-state index contributed by atoms with van der Waals surface area (Å²) < 4.78 is 5.52. The molecular weight excluding hydrogens is 216 g/mol. The highest BCUT2D eigenvalue weighted by Crippen LogP contribution is 2.06. The van der Waals surface area contributed by atoms with Crippen LogP contribution in [0.25, 0.3) is 0 Å². The molecule has 3 heteroatoms. The molecule has 0 fully saturated rings. The van der Waals surface area contributed by atoms with Crippen molar-refractivity contribution in [2.75, 3.05) is 6.61 Å². The lowest BCUT2D eigenvalue weighted by Crippen LogP contribution is -1.98. The Kier molecular flexibility index (Phi) is 6.33. The normalized spacial score (nSPS) is 10.4. The average Bonchev–Trinajstić information content (AvgIpc) is 2.34. The molecule has 0 aliphatic heterocycles. The Balaban J connectivity index is 2.21. The number of benzene rings is 1. The number of carbonyl (C=O) groups is 1. The van der Waals surface area contributed by atoms with Crippen LogP contribution in [0.3, 0.4) is 0 Å². The molecule has 17 heavy (non-hydrogen) atoms. The molecule has 0 unspecified atom stereocenters. The molecular formula is C14H20O3. The number of carboxylic acids is 1. The van der Waals surface area contributed by atoms with Crippen LogP contribution in [-0.2, 0) is 11.3 Å². The maximum atomic E-state index is 10.6. The molecule has 0 saturated carbocycles. The molecule has 1 N–H and O–H groups in total. The second kappa shape index (κ2) is 7.85. The zero-order valence-electron chi connectivity index (χ0n) is 10.3. The molecule has 0 heterocycles. The van der Waals surface area contributed by atoms with E-state index < -0.39 is 5.97 Å². The Morgan fingerprint density at radius 1 is 1.18 bits per heavy atom. The number of carboxylic acid groups (broad SMARTS) is 1. The summed E-state index contributed by atoms with van der Waals surface area (Å²) in [7, 11) is 0. The second-order valence-corrected chi connectivity index (χ2v) is 4.12. The predicted octanol–water partition coefficient (Wildman–Crippen LogP) is 3.48. The molecule has 1 aromatic carbocycles. The van der Waals surface area contributed by atoms with Crippen LogP contribution in [0.2, 0.25) is 0 Å². The first kappa shape index (κ1) is 13.7. The molecule has 1 aromatic rings. The Bertz CT molecular complexity index is 330. The topological polar surface area (TPSA) is 46.5 Å². The molecule has 3 nitrogen and oxygen atoms in total. The molecule has 94 valence electrons. The first-order chi connectivity index (χ1) is 8.24. The van der Waals surface area contributed by atoms with Crippen molar-refractivity contribution in [2.24, 2.45) is 0 Å². The van der Waals surface area contributed by atoms with Crippen molar-refractivity contribution in [3.05, 3.63) is 35.4 Å². The highest BCUT2D eigenvalue weighted by atomic mass is 16.5. The van der Waals surface area contributed by atoms with Crippen molar-refractivity contribution < 1.29 is 14.6 Å². The van der Waals surface area contributed by atoms with E-state index >= 15 is 0 Å². The van der Waals surface area contributed by atoms with E-state index in [1.165, 1.54) is 19.3 Å². The minimum Gasteiger partial charge on any atom is -0.478 e. The van der Waals surface area contributed by atoms with E-state index in [4.69, 9.17) is 9.84 Å². The molecule has 0 aliphatic carbocycles. The van der Waals surface area contributed by atoms with E-state index in [2.05, 4.69) is 6.92 Å². The fourth-order valence-corrected chi connectivity index (χ4v) is 1.56. The van der Waals surface area contributed by atoms with Gasteiger partial charge in [0.2, 0.25) is 0 Å². The molecule has 0 spiro atoms. The third-order valence-corrected chi connectivity index (χ3v) is 2.61. The van der Waals surface area contributed by atoms with Gasteiger partial charge < -0.3 is 9.84 Å². The summed E-state index contributed by atoms with van der Waals surface area (Å²) >= 11 is 0. The van der Waals surface area contributed by atoms with Crippen LogP contribution < -0.4 is 0 Å². The Morgan fingerprint density at radius 3 is 2.47 bits per heavy atom. The van der Waals surface area contributed by atoms with Crippen molar-refractivity contribution in [3.63, 3.8) is 0 Å².